The molecule has 27 heavy (non-hydrogen) atoms. The number of likely N-dealkylation sites (tertiary alicyclic amines) is 1. The Kier molecular flexibility index (Phi) is 5.34. The number of nitrogens with zero attached hydrogens (tertiary/aromatic N) is 3. The molecule has 0 aliphatic carbocycles. The van der Waals surface area contributed by atoms with Gasteiger partial charge in [-0.25, -0.2) is 4.39 Å². The zero-order chi connectivity index (χ0) is 18.6. The number of hydrogen-bond donors (Lipinski definition) is 0. The Morgan fingerprint density at radius 1 is 1.19 bits per heavy atom. The molecule has 0 atom stereocenters. The molecular formula is C21H24FN3O2. The van der Waals surface area contributed by atoms with Crippen LogP contribution in [0.4, 0.5) is 4.39 Å². The lowest BCUT2D eigenvalue weighted by Crippen LogP contribution is -2.33. The third-order valence-electron chi connectivity index (χ3n) is 5.40. The normalized spacial score (nSPS) is 16.2. The maximum absolute atomic E-state index is 13.3. The number of piperidine rings is 1. The first-order valence-corrected chi connectivity index (χ1v) is 9.61. The highest BCUT2D eigenvalue weighted by Crippen LogP contribution is 2.23. The molecular weight excluding hydrogens is 345 g/mol. The van der Waals surface area contributed by atoms with Crippen LogP contribution in [0.25, 0.3) is 11.0 Å². The zero-order valence-electron chi connectivity index (χ0n) is 15.3. The molecule has 1 saturated heterocycles. The molecule has 2 aromatic heterocycles. The van der Waals surface area contributed by atoms with E-state index in [1.807, 2.05) is 18.3 Å². The molecule has 5 nitrogen and oxygen atoms in total. The number of rotatable bonds is 6. The van der Waals surface area contributed by atoms with Crippen LogP contribution in [0.1, 0.15) is 31.4 Å². The van der Waals surface area contributed by atoms with Crippen molar-refractivity contribution in [3.63, 3.8) is 0 Å². The summed E-state index contributed by atoms with van der Waals surface area (Å²) in [4.78, 5) is 19.1. The van der Waals surface area contributed by atoms with E-state index < -0.39 is 0 Å². The lowest BCUT2D eigenvalue weighted by molar-refractivity contribution is 0.165. The van der Waals surface area contributed by atoms with Crippen LogP contribution < -0.4 is 5.56 Å². The molecule has 0 spiro atoms. The lowest BCUT2D eigenvalue weighted by atomic mass is 9.92. The average molecular weight is 369 g/mol. The second-order valence-corrected chi connectivity index (χ2v) is 7.32. The van der Waals surface area contributed by atoms with Crippen molar-refractivity contribution in [3.05, 3.63) is 64.5 Å². The van der Waals surface area contributed by atoms with E-state index in [1.165, 1.54) is 35.8 Å². The van der Waals surface area contributed by atoms with Crippen LogP contribution in [0.15, 0.2) is 51.9 Å². The molecule has 0 radical (unpaired) electrons. The van der Waals surface area contributed by atoms with Crippen molar-refractivity contribution >= 4 is 11.0 Å². The van der Waals surface area contributed by atoms with Crippen LogP contribution in [-0.4, -0.2) is 27.7 Å². The summed E-state index contributed by atoms with van der Waals surface area (Å²) in [6, 6.07) is 10.1. The number of benzene rings is 1. The summed E-state index contributed by atoms with van der Waals surface area (Å²) in [6.45, 7) is 3.64. The second-order valence-electron chi connectivity index (χ2n) is 7.32. The molecule has 0 unspecified atom stereocenters. The highest BCUT2D eigenvalue weighted by molar-refractivity contribution is 5.75. The molecule has 3 heterocycles. The first-order chi connectivity index (χ1) is 13.2. The van der Waals surface area contributed by atoms with Gasteiger partial charge < -0.3 is 4.52 Å². The number of aromatic nitrogens is 2. The van der Waals surface area contributed by atoms with E-state index in [0.717, 1.165) is 38.2 Å². The molecule has 142 valence electrons. The second kappa shape index (κ2) is 8.05. The number of aryl methyl sites for hydroxylation is 1. The molecule has 0 bridgehead atoms. The third kappa shape index (κ3) is 4.27. The first kappa shape index (κ1) is 17.9. The molecule has 1 aliphatic heterocycles. The van der Waals surface area contributed by atoms with Crippen molar-refractivity contribution in [2.45, 2.75) is 38.8 Å². The summed E-state index contributed by atoms with van der Waals surface area (Å²) in [5, 5.41) is 0.444. The highest BCUT2D eigenvalue weighted by Gasteiger charge is 2.19. The smallest absolute Gasteiger partial charge is 0.290 e. The Labute approximate surface area is 157 Å². The Morgan fingerprint density at radius 2 is 2.04 bits per heavy atom. The van der Waals surface area contributed by atoms with Gasteiger partial charge in [-0.05, 0) is 69.0 Å². The average Bonchev–Trinajstić information content (AvgIpc) is 2.99. The molecule has 0 saturated carbocycles. The standard InChI is InChI=1S/C21H24FN3O2/c22-17-6-7-19-20(14-17)27-25(21(19)26)11-3-4-16-8-12-24(13-9-16)15-18-5-1-2-10-23-18/h1-2,5-7,10,14,16H,3-4,8-9,11-13,15H2. The molecule has 3 aromatic rings. The predicted octanol–water partition coefficient (Wildman–Crippen LogP) is 3.82. The minimum atomic E-state index is -0.388. The molecule has 1 aromatic carbocycles. The van der Waals surface area contributed by atoms with Gasteiger partial charge in [0.2, 0.25) is 0 Å². The van der Waals surface area contributed by atoms with Crippen molar-refractivity contribution in [2.75, 3.05) is 13.1 Å². The van der Waals surface area contributed by atoms with E-state index in [0.29, 0.717) is 23.4 Å². The van der Waals surface area contributed by atoms with Gasteiger partial charge in [0, 0.05) is 18.8 Å². The van der Waals surface area contributed by atoms with Crippen molar-refractivity contribution in [2.24, 2.45) is 5.92 Å². The number of hydrogen-bond acceptors (Lipinski definition) is 4. The Balaban J connectivity index is 1.25. The van der Waals surface area contributed by atoms with Crippen molar-refractivity contribution in [1.29, 1.82) is 0 Å². The molecule has 0 N–H and O–H groups in total. The maximum Gasteiger partial charge on any atom is 0.290 e. The van der Waals surface area contributed by atoms with Crippen molar-refractivity contribution < 1.29 is 8.91 Å². The summed E-state index contributed by atoms with van der Waals surface area (Å²) >= 11 is 0. The van der Waals surface area contributed by atoms with E-state index in [-0.39, 0.29) is 11.4 Å². The molecule has 1 fully saturated rings. The maximum atomic E-state index is 13.3. The van der Waals surface area contributed by atoms with Crippen LogP contribution >= 0.6 is 0 Å². The first-order valence-electron chi connectivity index (χ1n) is 9.61. The number of halogens is 1. The Hall–Kier alpha value is -2.47. The van der Waals surface area contributed by atoms with E-state index in [9.17, 15) is 9.18 Å². The fourth-order valence-electron chi connectivity index (χ4n) is 3.87. The van der Waals surface area contributed by atoms with Gasteiger partial charge in [0.1, 0.15) is 5.82 Å². The van der Waals surface area contributed by atoms with Crippen LogP contribution in [0.3, 0.4) is 0 Å². The summed E-state index contributed by atoms with van der Waals surface area (Å²) in [6.07, 6.45) is 6.17. The summed E-state index contributed by atoms with van der Waals surface area (Å²) in [5.41, 5.74) is 1.27. The van der Waals surface area contributed by atoms with Gasteiger partial charge in [-0.2, -0.15) is 4.74 Å². The summed E-state index contributed by atoms with van der Waals surface area (Å²) in [7, 11) is 0. The minimum absolute atomic E-state index is 0.171. The monoisotopic (exact) mass is 369 g/mol. The fraction of sp³-hybridized carbons (Fsp3) is 0.429. The topological polar surface area (TPSA) is 51.3 Å². The van der Waals surface area contributed by atoms with E-state index in [2.05, 4.69) is 16.0 Å². The number of pyridine rings is 1. The Morgan fingerprint density at radius 3 is 2.81 bits per heavy atom. The quantitative estimate of drug-likeness (QED) is 0.663. The SMILES string of the molecule is O=c1c2ccc(F)cc2on1CCCC1CCN(Cc2ccccn2)CC1. The van der Waals surface area contributed by atoms with Gasteiger partial charge in [-0.1, -0.05) is 6.07 Å². The van der Waals surface area contributed by atoms with Crippen LogP contribution in [-0.2, 0) is 13.1 Å². The molecule has 4 rings (SSSR count). The van der Waals surface area contributed by atoms with E-state index >= 15 is 0 Å². The Bertz CT molecular complexity index is 943. The lowest BCUT2D eigenvalue weighted by Gasteiger charge is -2.31. The largest absolute Gasteiger partial charge is 0.376 e. The van der Waals surface area contributed by atoms with Crippen LogP contribution in [0.2, 0.25) is 0 Å². The van der Waals surface area contributed by atoms with E-state index in [4.69, 9.17) is 4.52 Å². The van der Waals surface area contributed by atoms with Gasteiger partial charge in [0.25, 0.3) is 5.56 Å². The van der Waals surface area contributed by atoms with Gasteiger partial charge in [0.15, 0.2) is 5.58 Å². The highest BCUT2D eigenvalue weighted by atomic mass is 19.1. The van der Waals surface area contributed by atoms with Gasteiger partial charge in [0.05, 0.1) is 17.6 Å². The van der Waals surface area contributed by atoms with Gasteiger partial charge >= 0.3 is 0 Å². The zero-order valence-corrected chi connectivity index (χ0v) is 15.3. The molecule has 6 heteroatoms. The summed E-state index contributed by atoms with van der Waals surface area (Å²) < 4.78 is 20.1. The molecule has 1 aliphatic rings. The number of fused-ring (bicyclic) bond motifs is 1. The van der Waals surface area contributed by atoms with E-state index in [1.54, 1.807) is 0 Å². The molecule has 0 amide bonds. The fourth-order valence-corrected chi connectivity index (χ4v) is 3.87. The van der Waals surface area contributed by atoms with Crippen molar-refractivity contribution in [3.8, 4) is 0 Å². The third-order valence-corrected chi connectivity index (χ3v) is 5.40. The minimum Gasteiger partial charge on any atom is -0.376 e. The predicted molar refractivity (Wildman–Crippen MR) is 102 cm³/mol. The van der Waals surface area contributed by atoms with Gasteiger partial charge in [-0.15, -0.1) is 0 Å². The van der Waals surface area contributed by atoms with Crippen molar-refractivity contribution in [1.82, 2.24) is 14.6 Å². The van der Waals surface area contributed by atoms with Crippen LogP contribution in [0.5, 0.6) is 0 Å². The van der Waals surface area contributed by atoms with Gasteiger partial charge in [-0.3, -0.25) is 14.7 Å². The summed E-state index contributed by atoms with van der Waals surface area (Å²) in [5.74, 6) is 0.295. The van der Waals surface area contributed by atoms with Crippen LogP contribution in [0, 0.1) is 11.7 Å².